The van der Waals surface area contributed by atoms with Crippen molar-refractivity contribution >= 4 is 16.7 Å². The standard InChI is InChI=1S/C21H21NO3/c1-22-18-11-16(24-2)8-9-17(18)21-15(12-25-13-19(21)22)10-20(23)14-6-4-3-5-7-14/h3-9,11,15H,10,12-13H2,1-2H3. The van der Waals surface area contributed by atoms with Crippen molar-refractivity contribution < 1.29 is 14.3 Å². The van der Waals surface area contributed by atoms with Gasteiger partial charge in [-0.2, -0.15) is 0 Å². The molecule has 4 heteroatoms. The summed E-state index contributed by atoms with van der Waals surface area (Å²) < 4.78 is 13.3. The quantitative estimate of drug-likeness (QED) is 0.675. The Morgan fingerprint density at radius 3 is 2.80 bits per heavy atom. The number of rotatable bonds is 4. The van der Waals surface area contributed by atoms with Crippen LogP contribution in [0.5, 0.6) is 5.75 Å². The van der Waals surface area contributed by atoms with Gasteiger partial charge in [0.25, 0.3) is 0 Å². The van der Waals surface area contributed by atoms with Crippen molar-refractivity contribution in [2.24, 2.45) is 7.05 Å². The van der Waals surface area contributed by atoms with Crippen LogP contribution in [0.2, 0.25) is 0 Å². The molecule has 0 bridgehead atoms. The molecule has 0 saturated heterocycles. The number of aromatic nitrogens is 1. The first-order valence-electron chi connectivity index (χ1n) is 8.50. The van der Waals surface area contributed by atoms with E-state index in [0.29, 0.717) is 19.6 Å². The summed E-state index contributed by atoms with van der Waals surface area (Å²) in [6, 6.07) is 15.6. The van der Waals surface area contributed by atoms with E-state index in [1.807, 2.05) is 49.5 Å². The van der Waals surface area contributed by atoms with Crippen LogP contribution in [0, 0.1) is 0 Å². The Bertz CT molecular complexity index is 927. The molecular formula is C21H21NO3. The molecule has 4 nitrogen and oxygen atoms in total. The Hall–Kier alpha value is -2.59. The zero-order valence-electron chi connectivity index (χ0n) is 14.5. The maximum Gasteiger partial charge on any atom is 0.163 e. The number of hydrogen-bond acceptors (Lipinski definition) is 3. The maximum absolute atomic E-state index is 12.7. The highest BCUT2D eigenvalue weighted by Gasteiger charge is 2.29. The molecule has 3 aromatic rings. The van der Waals surface area contributed by atoms with Crippen molar-refractivity contribution in [1.82, 2.24) is 4.57 Å². The van der Waals surface area contributed by atoms with Crippen molar-refractivity contribution in [2.45, 2.75) is 18.9 Å². The van der Waals surface area contributed by atoms with E-state index in [1.165, 1.54) is 10.9 Å². The van der Waals surface area contributed by atoms with E-state index in [4.69, 9.17) is 9.47 Å². The van der Waals surface area contributed by atoms with Gasteiger partial charge in [-0.1, -0.05) is 30.3 Å². The van der Waals surface area contributed by atoms with Crippen LogP contribution < -0.4 is 4.74 Å². The Balaban J connectivity index is 1.74. The zero-order chi connectivity index (χ0) is 17.4. The Morgan fingerprint density at radius 2 is 2.04 bits per heavy atom. The zero-order valence-corrected chi connectivity index (χ0v) is 14.5. The number of ether oxygens (including phenoxy) is 2. The van der Waals surface area contributed by atoms with E-state index in [2.05, 4.69) is 10.6 Å². The minimum absolute atomic E-state index is 0.0774. The van der Waals surface area contributed by atoms with Crippen molar-refractivity contribution in [3.63, 3.8) is 0 Å². The summed E-state index contributed by atoms with van der Waals surface area (Å²) in [6.45, 7) is 1.16. The molecule has 128 valence electrons. The van der Waals surface area contributed by atoms with E-state index in [-0.39, 0.29) is 11.7 Å². The minimum Gasteiger partial charge on any atom is -0.497 e. The monoisotopic (exact) mass is 335 g/mol. The van der Waals surface area contributed by atoms with Gasteiger partial charge in [-0.3, -0.25) is 4.79 Å². The lowest BCUT2D eigenvalue weighted by molar-refractivity contribution is 0.0764. The average molecular weight is 335 g/mol. The molecule has 1 aliphatic heterocycles. The molecule has 0 amide bonds. The van der Waals surface area contributed by atoms with Gasteiger partial charge in [-0.25, -0.2) is 0 Å². The fourth-order valence-corrected chi connectivity index (χ4v) is 3.76. The van der Waals surface area contributed by atoms with Gasteiger partial charge in [0, 0.05) is 42.1 Å². The van der Waals surface area contributed by atoms with Crippen molar-refractivity contribution in [3.8, 4) is 5.75 Å². The van der Waals surface area contributed by atoms with Crippen LogP contribution in [0.25, 0.3) is 10.9 Å². The fourth-order valence-electron chi connectivity index (χ4n) is 3.76. The van der Waals surface area contributed by atoms with E-state index in [1.54, 1.807) is 7.11 Å². The molecule has 25 heavy (non-hydrogen) atoms. The summed E-state index contributed by atoms with van der Waals surface area (Å²) in [5.41, 5.74) is 4.28. The van der Waals surface area contributed by atoms with Crippen LogP contribution in [0.3, 0.4) is 0 Å². The molecule has 0 spiro atoms. The lowest BCUT2D eigenvalue weighted by atomic mass is 9.89. The van der Waals surface area contributed by atoms with Gasteiger partial charge in [0.1, 0.15) is 5.75 Å². The number of methoxy groups -OCH3 is 1. The second-order valence-corrected chi connectivity index (χ2v) is 6.51. The minimum atomic E-state index is 0.0774. The molecule has 2 aromatic carbocycles. The number of aryl methyl sites for hydroxylation is 1. The first-order valence-corrected chi connectivity index (χ1v) is 8.50. The van der Waals surface area contributed by atoms with Crippen LogP contribution in [0.1, 0.15) is 34.0 Å². The van der Waals surface area contributed by atoms with Crippen LogP contribution in [0.4, 0.5) is 0 Å². The topological polar surface area (TPSA) is 40.5 Å². The van der Waals surface area contributed by atoms with Crippen LogP contribution in [-0.2, 0) is 18.4 Å². The van der Waals surface area contributed by atoms with Gasteiger partial charge in [0.2, 0.25) is 0 Å². The number of ketones is 1. The highest BCUT2D eigenvalue weighted by Crippen LogP contribution is 2.38. The number of carbonyl (C=O) groups excluding carboxylic acids is 1. The van der Waals surface area contributed by atoms with Crippen molar-refractivity contribution in [3.05, 3.63) is 65.4 Å². The van der Waals surface area contributed by atoms with Gasteiger partial charge >= 0.3 is 0 Å². The lowest BCUT2D eigenvalue weighted by Crippen LogP contribution is -2.20. The number of benzene rings is 2. The van der Waals surface area contributed by atoms with Crippen molar-refractivity contribution in [1.29, 1.82) is 0 Å². The number of hydrogen-bond donors (Lipinski definition) is 0. The van der Waals surface area contributed by atoms with Gasteiger partial charge in [0.15, 0.2) is 5.78 Å². The number of nitrogens with zero attached hydrogens (tertiary/aromatic N) is 1. The third kappa shape index (κ3) is 2.72. The predicted octanol–water partition coefficient (Wildman–Crippen LogP) is 4.07. The average Bonchev–Trinajstić information content (AvgIpc) is 2.95. The van der Waals surface area contributed by atoms with E-state index >= 15 is 0 Å². The van der Waals surface area contributed by atoms with Gasteiger partial charge < -0.3 is 14.0 Å². The third-order valence-corrected chi connectivity index (χ3v) is 5.07. The molecule has 1 aliphatic rings. The third-order valence-electron chi connectivity index (χ3n) is 5.07. The van der Waals surface area contributed by atoms with E-state index in [0.717, 1.165) is 22.5 Å². The van der Waals surface area contributed by atoms with Gasteiger partial charge in [-0.05, 0) is 17.7 Å². The molecular weight excluding hydrogens is 314 g/mol. The summed E-state index contributed by atoms with van der Waals surface area (Å²) in [6.07, 6.45) is 0.460. The molecule has 1 aromatic heterocycles. The maximum atomic E-state index is 12.7. The van der Waals surface area contributed by atoms with Crippen LogP contribution in [-0.4, -0.2) is 24.1 Å². The highest BCUT2D eigenvalue weighted by atomic mass is 16.5. The van der Waals surface area contributed by atoms with Crippen LogP contribution >= 0.6 is 0 Å². The molecule has 0 radical (unpaired) electrons. The smallest absolute Gasteiger partial charge is 0.163 e. The largest absolute Gasteiger partial charge is 0.497 e. The normalized spacial score (nSPS) is 16.6. The lowest BCUT2D eigenvalue weighted by Gasteiger charge is -2.24. The summed E-state index contributed by atoms with van der Waals surface area (Å²) in [5.74, 6) is 1.07. The summed E-state index contributed by atoms with van der Waals surface area (Å²) in [5, 5.41) is 1.19. The summed E-state index contributed by atoms with van der Waals surface area (Å²) in [7, 11) is 3.72. The Morgan fingerprint density at radius 1 is 1.24 bits per heavy atom. The number of carbonyl (C=O) groups is 1. The molecule has 2 heterocycles. The molecule has 0 aliphatic carbocycles. The van der Waals surface area contributed by atoms with E-state index in [9.17, 15) is 4.79 Å². The van der Waals surface area contributed by atoms with Gasteiger partial charge in [0.05, 0.1) is 25.8 Å². The first-order chi connectivity index (χ1) is 12.2. The summed E-state index contributed by atoms with van der Waals surface area (Å²) >= 11 is 0. The SMILES string of the molecule is COc1ccc2c3c(n(C)c2c1)COCC3CC(=O)c1ccccc1. The predicted molar refractivity (Wildman–Crippen MR) is 97.3 cm³/mol. The van der Waals surface area contributed by atoms with E-state index < -0.39 is 0 Å². The highest BCUT2D eigenvalue weighted by molar-refractivity contribution is 5.97. The second-order valence-electron chi connectivity index (χ2n) is 6.51. The second kappa shape index (κ2) is 6.37. The van der Waals surface area contributed by atoms with Crippen molar-refractivity contribution in [2.75, 3.05) is 13.7 Å². The Labute approximate surface area is 147 Å². The Kier molecular flexibility index (Phi) is 4.06. The first kappa shape index (κ1) is 15.9. The number of fused-ring (bicyclic) bond motifs is 3. The summed E-state index contributed by atoms with van der Waals surface area (Å²) in [4.78, 5) is 12.7. The molecule has 1 atom stereocenters. The molecule has 1 unspecified atom stereocenters. The van der Waals surface area contributed by atoms with Crippen LogP contribution in [0.15, 0.2) is 48.5 Å². The molecule has 0 fully saturated rings. The molecule has 4 rings (SSSR count). The molecule has 0 saturated carbocycles. The fraction of sp³-hybridized carbons (Fsp3) is 0.286. The number of Topliss-reactive ketones (excluding diaryl/α,β-unsaturated/α-hetero) is 1. The molecule has 0 N–H and O–H groups in total. The van der Waals surface area contributed by atoms with Gasteiger partial charge in [-0.15, -0.1) is 0 Å².